The van der Waals surface area contributed by atoms with Crippen LogP contribution in [0.4, 0.5) is 0 Å². The predicted octanol–water partition coefficient (Wildman–Crippen LogP) is 3.57. The number of carbonyl (C=O) groups is 1. The Morgan fingerprint density at radius 3 is 2.35 bits per heavy atom. The van der Waals surface area contributed by atoms with E-state index in [4.69, 9.17) is 4.74 Å². The zero-order chi connectivity index (χ0) is 15.7. The van der Waals surface area contributed by atoms with Crippen LogP contribution in [0.5, 0.6) is 0 Å². The van der Waals surface area contributed by atoms with Crippen molar-refractivity contribution in [3.8, 4) is 0 Å². The summed E-state index contributed by atoms with van der Waals surface area (Å²) in [5.74, 6) is 0.639. The first-order valence-electron chi connectivity index (χ1n) is 7.70. The van der Waals surface area contributed by atoms with Crippen LogP contribution in [0.15, 0.2) is 11.6 Å². The van der Waals surface area contributed by atoms with Crippen LogP contribution >= 0.6 is 0 Å². The Hall–Kier alpha value is -0.830. The first-order valence-corrected chi connectivity index (χ1v) is 7.70. The minimum absolute atomic E-state index is 0.137. The molecule has 20 heavy (non-hydrogen) atoms. The summed E-state index contributed by atoms with van der Waals surface area (Å²) in [6.45, 7) is 14.3. The highest BCUT2D eigenvalue weighted by molar-refractivity contribution is 5.75. The average Bonchev–Trinajstić information content (AvgIpc) is 2.35. The Bertz CT molecular complexity index is 388. The number of aliphatic hydroxyl groups is 1. The molecule has 0 saturated heterocycles. The van der Waals surface area contributed by atoms with Gasteiger partial charge in [-0.05, 0) is 50.0 Å². The molecule has 3 atom stereocenters. The van der Waals surface area contributed by atoms with E-state index >= 15 is 0 Å². The lowest BCUT2D eigenvalue weighted by molar-refractivity contribution is -0.153. The molecule has 0 aromatic rings. The molecule has 2 unspecified atom stereocenters. The molecule has 0 spiro atoms. The Kier molecular flexibility index (Phi) is 5.07. The van der Waals surface area contributed by atoms with Crippen LogP contribution in [0.2, 0.25) is 0 Å². The van der Waals surface area contributed by atoms with Crippen LogP contribution in [0.25, 0.3) is 0 Å². The van der Waals surface area contributed by atoms with E-state index in [0.717, 1.165) is 12.0 Å². The van der Waals surface area contributed by atoms with Crippen molar-refractivity contribution in [1.82, 2.24) is 0 Å². The van der Waals surface area contributed by atoms with Crippen LogP contribution in [0, 0.1) is 22.7 Å². The highest BCUT2D eigenvalue weighted by Crippen LogP contribution is 2.59. The quantitative estimate of drug-likeness (QED) is 0.622. The van der Waals surface area contributed by atoms with Gasteiger partial charge in [0.05, 0.1) is 11.5 Å². The van der Waals surface area contributed by atoms with E-state index in [1.54, 1.807) is 0 Å². The molecule has 3 aliphatic carbocycles. The molecule has 0 aromatic carbocycles. The summed E-state index contributed by atoms with van der Waals surface area (Å²) >= 11 is 0. The summed E-state index contributed by atoms with van der Waals surface area (Å²) in [7, 11) is 0. The third kappa shape index (κ3) is 3.08. The number of hydrogen-bond acceptors (Lipinski definition) is 3. The molecule has 116 valence electrons. The fourth-order valence-electron chi connectivity index (χ4n) is 3.13. The normalized spacial score (nSPS) is 30.4. The molecular weight excluding hydrogens is 252 g/mol. The van der Waals surface area contributed by atoms with Gasteiger partial charge in [0.25, 0.3) is 0 Å². The number of hydrogen-bond donors (Lipinski definition) is 1. The lowest BCUT2D eigenvalue weighted by atomic mass is 9.48. The minimum atomic E-state index is -0.467. The molecule has 0 radical (unpaired) electrons. The number of aliphatic hydroxyl groups excluding tert-OH is 1. The Balaban J connectivity index is 0.000000956. The fourth-order valence-corrected chi connectivity index (χ4v) is 3.13. The first-order chi connectivity index (χ1) is 9.14. The first kappa shape index (κ1) is 17.2. The third-order valence-corrected chi connectivity index (χ3v) is 4.57. The third-order valence-electron chi connectivity index (χ3n) is 4.57. The summed E-state index contributed by atoms with van der Waals surface area (Å²) in [6.07, 6.45) is 2.53. The van der Waals surface area contributed by atoms with Gasteiger partial charge in [0.2, 0.25) is 0 Å². The zero-order valence-electron chi connectivity index (χ0n) is 14.0. The lowest BCUT2D eigenvalue weighted by Gasteiger charge is -2.58. The van der Waals surface area contributed by atoms with Crippen molar-refractivity contribution in [1.29, 1.82) is 0 Å². The van der Waals surface area contributed by atoms with Gasteiger partial charge in [-0.15, -0.1) is 0 Å². The predicted molar refractivity (Wildman–Crippen MR) is 81.2 cm³/mol. The standard InChI is InChI=1S/C15H24O3.C2H6/c1-14(2,3)13(17)18-8-9-6-12(16)11-7-10(9)15(11,4)5;1-2/h6,10-12,16H,7-8H2,1-5H3;1-2H3/t10-,11?,12?;/m1./s1. The van der Waals surface area contributed by atoms with Gasteiger partial charge < -0.3 is 9.84 Å². The van der Waals surface area contributed by atoms with Crippen molar-refractivity contribution in [2.24, 2.45) is 22.7 Å². The zero-order valence-corrected chi connectivity index (χ0v) is 14.0. The fraction of sp³-hybridized carbons (Fsp3) is 0.824. The number of carbonyl (C=O) groups excluding carboxylic acids is 1. The Morgan fingerprint density at radius 2 is 1.95 bits per heavy atom. The molecule has 0 aromatic heterocycles. The van der Waals surface area contributed by atoms with Gasteiger partial charge in [-0.25, -0.2) is 0 Å². The molecule has 3 heteroatoms. The van der Waals surface area contributed by atoms with Gasteiger partial charge in [0.15, 0.2) is 0 Å². The lowest BCUT2D eigenvalue weighted by Crippen LogP contribution is -2.54. The molecule has 1 saturated carbocycles. The van der Waals surface area contributed by atoms with Crippen LogP contribution < -0.4 is 0 Å². The summed E-state index contributed by atoms with van der Waals surface area (Å²) in [5, 5.41) is 10.0. The summed E-state index contributed by atoms with van der Waals surface area (Å²) in [6, 6.07) is 0. The largest absolute Gasteiger partial charge is 0.461 e. The van der Waals surface area contributed by atoms with Crippen molar-refractivity contribution in [2.45, 2.75) is 61.0 Å². The molecule has 3 aliphatic rings. The second kappa shape index (κ2) is 5.88. The number of fused-ring (bicyclic) bond motifs is 1. The van der Waals surface area contributed by atoms with Gasteiger partial charge in [-0.3, -0.25) is 4.79 Å². The minimum Gasteiger partial charge on any atom is -0.461 e. The number of ether oxygens (including phenoxy) is 1. The maximum atomic E-state index is 11.8. The Morgan fingerprint density at radius 1 is 1.40 bits per heavy atom. The van der Waals surface area contributed by atoms with Crippen molar-refractivity contribution in [3.63, 3.8) is 0 Å². The van der Waals surface area contributed by atoms with Crippen LogP contribution in [0.1, 0.15) is 54.9 Å². The highest BCUT2D eigenvalue weighted by Gasteiger charge is 2.55. The van der Waals surface area contributed by atoms with Crippen LogP contribution in [-0.4, -0.2) is 23.8 Å². The second-order valence-corrected chi connectivity index (χ2v) is 7.27. The van der Waals surface area contributed by atoms with E-state index in [2.05, 4.69) is 13.8 Å². The second-order valence-electron chi connectivity index (χ2n) is 7.27. The highest BCUT2D eigenvalue weighted by atomic mass is 16.5. The van der Waals surface area contributed by atoms with E-state index in [-0.39, 0.29) is 17.5 Å². The molecule has 0 heterocycles. The molecular formula is C17H30O3. The molecule has 2 bridgehead atoms. The van der Waals surface area contributed by atoms with Gasteiger partial charge >= 0.3 is 5.97 Å². The van der Waals surface area contributed by atoms with E-state index in [1.165, 1.54) is 0 Å². The number of esters is 1. The molecule has 0 amide bonds. The molecule has 3 rings (SSSR count). The van der Waals surface area contributed by atoms with E-state index < -0.39 is 5.41 Å². The van der Waals surface area contributed by atoms with Crippen LogP contribution in [-0.2, 0) is 9.53 Å². The van der Waals surface area contributed by atoms with Gasteiger partial charge in [-0.2, -0.15) is 0 Å². The maximum Gasteiger partial charge on any atom is 0.311 e. The number of rotatable bonds is 2. The van der Waals surface area contributed by atoms with Crippen molar-refractivity contribution < 1.29 is 14.6 Å². The van der Waals surface area contributed by atoms with Gasteiger partial charge in [-0.1, -0.05) is 33.8 Å². The summed E-state index contributed by atoms with van der Waals surface area (Å²) in [4.78, 5) is 11.8. The molecule has 0 aliphatic heterocycles. The summed E-state index contributed by atoms with van der Waals surface area (Å²) < 4.78 is 5.36. The topological polar surface area (TPSA) is 46.5 Å². The van der Waals surface area contributed by atoms with Crippen LogP contribution in [0.3, 0.4) is 0 Å². The van der Waals surface area contributed by atoms with Gasteiger partial charge in [0, 0.05) is 0 Å². The van der Waals surface area contributed by atoms with E-state index in [9.17, 15) is 9.90 Å². The average molecular weight is 282 g/mol. The van der Waals surface area contributed by atoms with Crippen molar-refractivity contribution >= 4 is 5.97 Å². The maximum absolute atomic E-state index is 11.8. The molecule has 3 nitrogen and oxygen atoms in total. The monoisotopic (exact) mass is 282 g/mol. The smallest absolute Gasteiger partial charge is 0.311 e. The summed E-state index contributed by atoms with van der Waals surface area (Å²) in [5.41, 5.74) is 0.760. The van der Waals surface area contributed by atoms with Crippen molar-refractivity contribution in [3.05, 3.63) is 11.6 Å². The van der Waals surface area contributed by atoms with E-state index in [1.807, 2.05) is 40.7 Å². The molecule has 1 N–H and O–H groups in total. The SMILES string of the molecule is CC.CC(C)(C)C(=O)OCC1=CC(O)C2C[C@H]1C2(C)C. The molecule has 1 fully saturated rings. The van der Waals surface area contributed by atoms with Crippen molar-refractivity contribution in [2.75, 3.05) is 6.61 Å². The Labute approximate surface area is 123 Å². The van der Waals surface area contributed by atoms with Gasteiger partial charge in [0.1, 0.15) is 6.61 Å². The van der Waals surface area contributed by atoms with E-state index in [0.29, 0.717) is 18.4 Å².